The largest absolute Gasteiger partial charge is 0.481 e. The fourth-order valence-electron chi connectivity index (χ4n) is 0.662. The SMILES string of the molecule is CC(=O)O.N[C@](O)(C=O)[C@@H](O)[C@@H](O)[C@H](O)CO. The minimum absolute atomic E-state index is 0.176. The van der Waals surface area contributed by atoms with Crippen LogP contribution in [0.1, 0.15) is 6.92 Å². The Morgan fingerprint density at radius 2 is 1.76 bits per heavy atom. The first-order valence-corrected chi connectivity index (χ1v) is 4.42. The van der Waals surface area contributed by atoms with Crippen LogP contribution in [0, 0.1) is 0 Å². The Kier molecular flexibility index (Phi) is 8.66. The summed E-state index contributed by atoms with van der Waals surface area (Å²) in [5.41, 5.74) is 2.19. The lowest BCUT2D eigenvalue weighted by Crippen LogP contribution is -2.60. The predicted octanol–water partition coefficient (Wildman–Crippen LogP) is -4.00. The number of aliphatic carboxylic acids is 1. The van der Waals surface area contributed by atoms with Crippen molar-refractivity contribution < 1.29 is 40.2 Å². The monoisotopic (exact) mass is 255 g/mol. The van der Waals surface area contributed by atoms with Crippen molar-refractivity contribution in [1.82, 2.24) is 0 Å². The Morgan fingerprint density at radius 3 is 2.00 bits per heavy atom. The zero-order valence-electron chi connectivity index (χ0n) is 9.09. The van der Waals surface area contributed by atoms with E-state index in [0.717, 1.165) is 6.92 Å². The third kappa shape index (κ3) is 7.74. The number of carboxylic acid groups (broad SMARTS) is 1. The molecule has 0 aliphatic carbocycles. The van der Waals surface area contributed by atoms with E-state index in [-0.39, 0.29) is 6.29 Å². The van der Waals surface area contributed by atoms with Crippen molar-refractivity contribution in [1.29, 1.82) is 0 Å². The second kappa shape index (κ2) is 8.06. The van der Waals surface area contributed by atoms with Crippen LogP contribution >= 0.6 is 0 Å². The summed E-state index contributed by atoms with van der Waals surface area (Å²) in [7, 11) is 0. The summed E-state index contributed by atoms with van der Waals surface area (Å²) in [4.78, 5) is 19.1. The van der Waals surface area contributed by atoms with E-state index in [1.165, 1.54) is 0 Å². The quantitative estimate of drug-likeness (QED) is 0.190. The van der Waals surface area contributed by atoms with Gasteiger partial charge < -0.3 is 30.6 Å². The van der Waals surface area contributed by atoms with Crippen LogP contribution in [0.4, 0.5) is 0 Å². The minimum atomic E-state index is -2.64. The third-order valence-electron chi connectivity index (χ3n) is 1.57. The van der Waals surface area contributed by atoms with Gasteiger partial charge in [-0.1, -0.05) is 0 Å². The molecule has 0 radical (unpaired) electrons. The highest BCUT2D eigenvalue weighted by Gasteiger charge is 2.39. The number of aldehydes is 1. The predicted molar refractivity (Wildman–Crippen MR) is 53.6 cm³/mol. The van der Waals surface area contributed by atoms with Crippen LogP contribution in [0.2, 0.25) is 0 Å². The Bertz CT molecular complexity index is 240. The van der Waals surface area contributed by atoms with Crippen LogP contribution in [-0.2, 0) is 9.59 Å². The molecule has 0 rings (SSSR count). The molecule has 9 nitrogen and oxygen atoms in total. The van der Waals surface area contributed by atoms with E-state index in [2.05, 4.69) is 0 Å². The number of carbonyl (C=O) groups is 2. The molecule has 0 fully saturated rings. The van der Waals surface area contributed by atoms with Crippen LogP contribution < -0.4 is 5.73 Å². The van der Waals surface area contributed by atoms with Gasteiger partial charge in [-0.05, 0) is 0 Å². The van der Waals surface area contributed by atoms with Crippen molar-refractivity contribution >= 4 is 12.3 Å². The van der Waals surface area contributed by atoms with Crippen molar-refractivity contribution in [2.24, 2.45) is 5.73 Å². The number of hydrogen-bond acceptors (Lipinski definition) is 8. The molecule has 0 saturated heterocycles. The van der Waals surface area contributed by atoms with Gasteiger partial charge >= 0.3 is 0 Å². The number of aliphatic hydroxyl groups is 5. The normalized spacial score (nSPS) is 19.0. The van der Waals surface area contributed by atoms with Crippen molar-refractivity contribution in [3.63, 3.8) is 0 Å². The molecule has 102 valence electrons. The van der Waals surface area contributed by atoms with E-state index in [9.17, 15) is 4.79 Å². The molecule has 8 N–H and O–H groups in total. The van der Waals surface area contributed by atoms with E-state index < -0.39 is 36.6 Å². The highest BCUT2D eigenvalue weighted by atomic mass is 16.4. The molecule has 0 spiro atoms. The smallest absolute Gasteiger partial charge is 0.300 e. The molecule has 0 aliphatic heterocycles. The topological polar surface area (TPSA) is 182 Å². The molecule has 0 aliphatic rings. The van der Waals surface area contributed by atoms with Gasteiger partial charge in [0.25, 0.3) is 5.97 Å². The molecule has 0 bridgehead atoms. The van der Waals surface area contributed by atoms with Gasteiger partial charge in [0.15, 0.2) is 12.0 Å². The summed E-state index contributed by atoms with van der Waals surface area (Å²) in [6.07, 6.45) is -5.81. The second-order valence-electron chi connectivity index (χ2n) is 3.21. The highest BCUT2D eigenvalue weighted by molar-refractivity contribution is 5.63. The molecular weight excluding hydrogens is 238 g/mol. The Hall–Kier alpha value is -1.10. The summed E-state index contributed by atoms with van der Waals surface area (Å²) in [5, 5.41) is 51.5. The summed E-state index contributed by atoms with van der Waals surface area (Å²) in [6.45, 7) is 0.257. The number of rotatable bonds is 5. The van der Waals surface area contributed by atoms with E-state index in [1.807, 2.05) is 0 Å². The zero-order valence-corrected chi connectivity index (χ0v) is 9.09. The van der Waals surface area contributed by atoms with Gasteiger partial charge in [0.1, 0.15) is 18.3 Å². The first-order chi connectivity index (χ1) is 7.60. The average molecular weight is 255 g/mol. The number of carbonyl (C=O) groups excluding carboxylic acids is 1. The molecule has 0 saturated carbocycles. The molecule has 17 heavy (non-hydrogen) atoms. The maximum absolute atomic E-state index is 10.1. The maximum Gasteiger partial charge on any atom is 0.300 e. The lowest BCUT2D eigenvalue weighted by Gasteiger charge is -2.28. The second-order valence-corrected chi connectivity index (χ2v) is 3.21. The lowest BCUT2D eigenvalue weighted by molar-refractivity contribution is -0.163. The number of aliphatic hydroxyl groups excluding tert-OH is 4. The van der Waals surface area contributed by atoms with Crippen LogP contribution in [0.3, 0.4) is 0 Å². The Morgan fingerprint density at radius 1 is 1.41 bits per heavy atom. The van der Waals surface area contributed by atoms with Gasteiger partial charge in [-0.15, -0.1) is 0 Å². The first kappa shape index (κ1) is 18.3. The molecule has 0 aromatic heterocycles. The van der Waals surface area contributed by atoms with Crippen molar-refractivity contribution in [3.05, 3.63) is 0 Å². The minimum Gasteiger partial charge on any atom is -0.481 e. The lowest BCUT2D eigenvalue weighted by atomic mass is 10.00. The van der Waals surface area contributed by atoms with Gasteiger partial charge in [0, 0.05) is 6.92 Å². The van der Waals surface area contributed by atoms with Crippen LogP contribution in [-0.4, -0.2) is 73.5 Å². The van der Waals surface area contributed by atoms with Gasteiger partial charge in [-0.3, -0.25) is 15.3 Å². The van der Waals surface area contributed by atoms with Gasteiger partial charge in [-0.2, -0.15) is 0 Å². The summed E-state index contributed by atoms with van der Waals surface area (Å²) in [6, 6.07) is 0. The van der Waals surface area contributed by atoms with E-state index in [1.54, 1.807) is 0 Å². The number of nitrogens with two attached hydrogens (primary N) is 1. The van der Waals surface area contributed by atoms with Gasteiger partial charge in [0.2, 0.25) is 0 Å². The van der Waals surface area contributed by atoms with Crippen LogP contribution in [0.25, 0.3) is 0 Å². The molecule has 0 aromatic carbocycles. The van der Waals surface area contributed by atoms with Crippen LogP contribution in [0.15, 0.2) is 0 Å². The fourth-order valence-corrected chi connectivity index (χ4v) is 0.662. The van der Waals surface area contributed by atoms with Crippen LogP contribution in [0.5, 0.6) is 0 Å². The summed E-state index contributed by atoms with van der Waals surface area (Å²) < 4.78 is 0. The van der Waals surface area contributed by atoms with Crippen molar-refractivity contribution in [2.75, 3.05) is 6.61 Å². The first-order valence-electron chi connectivity index (χ1n) is 4.42. The summed E-state index contributed by atoms with van der Waals surface area (Å²) >= 11 is 0. The van der Waals surface area contributed by atoms with Crippen molar-refractivity contribution in [2.45, 2.75) is 31.0 Å². The molecule has 4 atom stereocenters. The van der Waals surface area contributed by atoms with Gasteiger partial charge in [0.05, 0.1) is 6.61 Å². The summed E-state index contributed by atoms with van der Waals surface area (Å²) in [5.74, 6) is -0.833. The Labute approximate surface area is 96.7 Å². The maximum atomic E-state index is 10.1. The fraction of sp³-hybridized carbons (Fsp3) is 0.750. The molecule has 0 unspecified atom stereocenters. The van der Waals surface area contributed by atoms with Gasteiger partial charge in [-0.25, -0.2) is 0 Å². The molecule has 0 amide bonds. The van der Waals surface area contributed by atoms with E-state index >= 15 is 0 Å². The number of carboxylic acids is 1. The average Bonchev–Trinajstić information content (AvgIpc) is 2.25. The number of hydrogen-bond donors (Lipinski definition) is 7. The standard InChI is InChI=1S/C6H13NO6.C2H4O2/c7-6(13,2-9)5(12)4(11)3(10)1-8;1-2(3)4/h2-5,8,10-13H,1,7H2;1H3,(H,3,4)/t3-,4+,5+,6+;/m1./s1. The Balaban J connectivity index is 0. The van der Waals surface area contributed by atoms with E-state index in [4.69, 9.17) is 41.2 Å². The van der Waals surface area contributed by atoms with E-state index in [0.29, 0.717) is 0 Å². The molecular formula is C8H17NO8. The zero-order chi connectivity index (χ0) is 14.2. The third-order valence-corrected chi connectivity index (χ3v) is 1.57. The highest BCUT2D eigenvalue weighted by Crippen LogP contribution is 2.08. The molecule has 0 heterocycles. The van der Waals surface area contributed by atoms with Crippen molar-refractivity contribution in [3.8, 4) is 0 Å². The molecule has 9 heteroatoms. The molecule has 0 aromatic rings.